The first-order chi connectivity index (χ1) is 14.8. The van der Waals surface area contributed by atoms with Crippen LogP contribution in [0.2, 0.25) is 0 Å². The third-order valence-corrected chi connectivity index (χ3v) is 7.74. The molecule has 0 aromatic heterocycles. The number of ketones is 1. The van der Waals surface area contributed by atoms with Crippen LogP contribution in [0.5, 0.6) is 0 Å². The second kappa shape index (κ2) is 10.6. The fourth-order valence-electron chi connectivity index (χ4n) is 3.49. The van der Waals surface area contributed by atoms with Crippen LogP contribution in [0.4, 0.5) is 5.69 Å². The zero-order valence-electron chi connectivity index (χ0n) is 17.1. The van der Waals surface area contributed by atoms with Crippen LogP contribution >= 0.6 is 67.8 Å². The lowest BCUT2D eigenvalue weighted by atomic mass is 9.79. The Bertz CT molecular complexity index is 949. The van der Waals surface area contributed by atoms with Crippen molar-refractivity contribution >= 4 is 91.1 Å². The first kappa shape index (κ1) is 28.0. The molecule has 0 bridgehead atoms. The van der Waals surface area contributed by atoms with Gasteiger partial charge in [-0.1, -0.05) is 0 Å². The van der Waals surface area contributed by atoms with Crippen molar-refractivity contribution in [2.24, 2.45) is 0 Å². The molecule has 2 rings (SSSR count). The lowest BCUT2D eigenvalue weighted by Crippen LogP contribution is -2.85. The molecule has 0 radical (unpaired) electrons. The van der Waals surface area contributed by atoms with Gasteiger partial charge >= 0.3 is 0 Å². The molecule has 14 heteroatoms. The van der Waals surface area contributed by atoms with Crippen molar-refractivity contribution < 1.29 is 39.5 Å². The normalized spacial score (nSPS) is 30.0. The Kier molecular flexibility index (Phi) is 9.27. The van der Waals surface area contributed by atoms with E-state index in [4.69, 9.17) is 4.74 Å². The van der Waals surface area contributed by atoms with Crippen LogP contribution in [-0.4, -0.2) is 81.4 Å². The van der Waals surface area contributed by atoms with Gasteiger partial charge in [0.2, 0.25) is 17.6 Å². The number of likely N-dealkylation sites (N-methyl/N-ethyl adjacent to an activating group) is 1. The Morgan fingerprint density at radius 1 is 1.12 bits per heavy atom. The minimum atomic E-state index is -2.96. The summed E-state index contributed by atoms with van der Waals surface area (Å²) in [6.07, 6.45) is -5.24. The number of amides is 2. The maximum Gasteiger partial charge on any atom is 0.272 e. The Labute approximate surface area is 224 Å². The largest absolute Gasteiger partial charge is 0.394 e. The second-order valence-corrected chi connectivity index (χ2v) is 10.5. The number of aliphatic hydroxyl groups is 4. The highest BCUT2D eigenvalue weighted by atomic mass is 127. The van der Waals surface area contributed by atoms with E-state index in [-0.39, 0.29) is 15.0 Å². The summed E-state index contributed by atoms with van der Waals surface area (Å²) in [5.41, 5.74) is -2.09. The molecule has 0 spiro atoms. The number of aliphatic hydroxyl groups excluding tert-OH is 3. The molecule has 1 aromatic rings. The topological polar surface area (TPSA) is 177 Å². The Balaban J connectivity index is 2.80. The van der Waals surface area contributed by atoms with E-state index in [1.807, 2.05) is 67.8 Å². The molecule has 5 atom stereocenters. The summed E-state index contributed by atoms with van der Waals surface area (Å²) in [7, 11) is 1.25. The smallest absolute Gasteiger partial charge is 0.272 e. The fraction of sp³-hybridized carbons (Fsp3) is 0.500. The predicted molar refractivity (Wildman–Crippen MR) is 138 cm³/mol. The molecular formula is C18H22I3N3O8. The minimum Gasteiger partial charge on any atom is -0.394 e. The van der Waals surface area contributed by atoms with Gasteiger partial charge in [0.05, 0.1) is 17.9 Å². The zero-order valence-corrected chi connectivity index (χ0v) is 23.5. The summed E-state index contributed by atoms with van der Waals surface area (Å²) in [6.45, 7) is 1.57. The maximum atomic E-state index is 13.8. The van der Waals surface area contributed by atoms with Crippen molar-refractivity contribution in [3.05, 3.63) is 22.3 Å². The number of hydrogen-bond acceptors (Lipinski definition) is 9. The number of carbonyl (C=O) groups is 3. The van der Waals surface area contributed by atoms with Crippen LogP contribution in [0.25, 0.3) is 0 Å². The maximum absolute atomic E-state index is 13.8. The molecule has 1 fully saturated rings. The molecule has 1 unspecified atom stereocenters. The van der Waals surface area contributed by atoms with Gasteiger partial charge in [-0.05, 0) is 80.9 Å². The van der Waals surface area contributed by atoms with Crippen molar-refractivity contribution in [2.75, 3.05) is 19.0 Å². The SMILES string of the molecule is CN[C@]1(NC(C)=O)[C@@H](O)[C@H](O)[C@@H](CO)OC1(O)C(=O)c1c(I)cc(I)c(NC(C)=O)c1I. The van der Waals surface area contributed by atoms with Gasteiger partial charge in [0.15, 0.2) is 5.66 Å². The first-order valence-electron chi connectivity index (χ1n) is 9.12. The molecule has 32 heavy (non-hydrogen) atoms. The van der Waals surface area contributed by atoms with Gasteiger partial charge in [-0.3, -0.25) is 19.7 Å². The van der Waals surface area contributed by atoms with Crippen LogP contribution < -0.4 is 16.0 Å². The van der Waals surface area contributed by atoms with Crippen LogP contribution in [0, 0.1) is 10.7 Å². The average molecular weight is 789 g/mol. The molecule has 1 saturated heterocycles. The van der Waals surface area contributed by atoms with Gasteiger partial charge in [0.1, 0.15) is 18.3 Å². The molecule has 178 valence electrons. The molecule has 1 heterocycles. The molecule has 1 aliphatic heterocycles. The summed E-state index contributed by atoms with van der Waals surface area (Å²) in [5, 5.41) is 49.9. The number of ether oxygens (including phenoxy) is 1. The Morgan fingerprint density at radius 2 is 1.72 bits per heavy atom. The van der Waals surface area contributed by atoms with Crippen LogP contribution in [0.1, 0.15) is 24.2 Å². The van der Waals surface area contributed by atoms with E-state index in [0.717, 1.165) is 6.92 Å². The fourth-order valence-corrected chi connectivity index (χ4v) is 7.62. The third kappa shape index (κ3) is 4.79. The van der Waals surface area contributed by atoms with Crippen molar-refractivity contribution in [3.63, 3.8) is 0 Å². The van der Waals surface area contributed by atoms with Crippen molar-refractivity contribution in [1.29, 1.82) is 0 Å². The van der Waals surface area contributed by atoms with E-state index in [2.05, 4.69) is 16.0 Å². The average Bonchev–Trinajstić information content (AvgIpc) is 2.70. The number of Topliss-reactive ketones (excluding diaryl/α,β-unsaturated/α-hetero) is 1. The summed E-state index contributed by atoms with van der Waals surface area (Å²) >= 11 is 5.69. The molecule has 7 N–H and O–H groups in total. The van der Waals surface area contributed by atoms with Gasteiger partial charge in [-0.2, -0.15) is 0 Å². The monoisotopic (exact) mass is 789 g/mol. The van der Waals surface area contributed by atoms with E-state index < -0.39 is 48.1 Å². The van der Waals surface area contributed by atoms with Gasteiger partial charge in [-0.25, -0.2) is 0 Å². The highest BCUT2D eigenvalue weighted by Crippen LogP contribution is 2.41. The first-order valence-corrected chi connectivity index (χ1v) is 12.4. The Morgan fingerprint density at radius 3 is 2.19 bits per heavy atom. The molecule has 1 aromatic carbocycles. The summed E-state index contributed by atoms with van der Waals surface area (Å²) < 4.78 is 6.77. The molecule has 11 nitrogen and oxygen atoms in total. The lowest BCUT2D eigenvalue weighted by molar-refractivity contribution is -0.326. The van der Waals surface area contributed by atoms with Crippen molar-refractivity contribution in [2.45, 2.75) is 43.6 Å². The van der Waals surface area contributed by atoms with E-state index in [0.29, 0.717) is 12.8 Å². The van der Waals surface area contributed by atoms with Gasteiger partial charge in [0.25, 0.3) is 5.79 Å². The summed E-state index contributed by atoms with van der Waals surface area (Å²) in [6, 6.07) is 1.60. The summed E-state index contributed by atoms with van der Waals surface area (Å²) in [4.78, 5) is 37.4. The highest BCUT2D eigenvalue weighted by molar-refractivity contribution is 14.1. The Hall–Kier alpha value is -0.220. The zero-order chi connectivity index (χ0) is 24.6. The third-order valence-electron chi connectivity index (χ3n) is 4.96. The number of hydrogen-bond donors (Lipinski definition) is 7. The molecular weight excluding hydrogens is 767 g/mol. The number of halogens is 3. The highest BCUT2D eigenvalue weighted by Gasteiger charge is 2.68. The number of carbonyl (C=O) groups excluding carboxylic acids is 3. The summed E-state index contributed by atoms with van der Waals surface area (Å²) in [5.74, 6) is -5.15. The van der Waals surface area contributed by atoms with E-state index in [1.165, 1.54) is 14.0 Å². The molecule has 0 saturated carbocycles. The quantitative estimate of drug-likeness (QED) is 0.114. The van der Waals surface area contributed by atoms with Crippen molar-refractivity contribution in [3.8, 4) is 0 Å². The van der Waals surface area contributed by atoms with E-state index >= 15 is 0 Å². The van der Waals surface area contributed by atoms with E-state index in [1.54, 1.807) is 6.07 Å². The van der Waals surface area contributed by atoms with Gasteiger partial charge in [0, 0.05) is 24.6 Å². The van der Waals surface area contributed by atoms with Crippen molar-refractivity contribution in [1.82, 2.24) is 10.6 Å². The van der Waals surface area contributed by atoms with Gasteiger partial charge in [-0.15, -0.1) is 0 Å². The van der Waals surface area contributed by atoms with Crippen LogP contribution in [-0.2, 0) is 14.3 Å². The van der Waals surface area contributed by atoms with Gasteiger partial charge < -0.3 is 35.8 Å². The number of rotatable bonds is 6. The predicted octanol–water partition coefficient (Wildman–Crippen LogP) is -0.505. The molecule has 0 aliphatic carbocycles. The molecule has 2 amide bonds. The minimum absolute atomic E-state index is 0.0527. The molecule has 1 aliphatic rings. The number of benzene rings is 1. The van der Waals surface area contributed by atoms with Crippen LogP contribution in [0.3, 0.4) is 0 Å². The number of anilines is 1. The second-order valence-electron chi connectivity index (χ2n) is 7.07. The standard InChI is InChI=1S/C18H22I3N3O8/c1-6(26)23-13-9(20)4-8(19)11(12(13)21)15(29)18(31)17(22-3,24-7(2)27)16(30)14(28)10(5-25)32-18/h4,10,14,16,22,25,28,30-31H,5H2,1-3H3,(H,23,26)(H,24,27)/t10-,14-,16+,17+,18?/m1/s1. The van der Waals surface area contributed by atoms with E-state index in [9.17, 15) is 34.8 Å². The van der Waals surface area contributed by atoms with Crippen LogP contribution in [0.15, 0.2) is 6.07 Å². The number of nitrogens with one attached hydrogen (secondary N) is 3. The lowest BCUT2D eigenvalue weighted by Gasteiger charge is -2.54.